The van der Waals surface area contributed by atoms with Crippen LogP contribution in [0.5, 0.6) is 0 Å². The van der Waals surface area contributed by atoms with Crippen molar-refractivity contribution in [3.63, 3.8) is 0 Å². The van der Waals surface area contributed by atoms with Gasteiger partial charge in [-0.25, -0.2) is 4.68 Å². The van der Waals surface area contributed by atoms with Crippen LogP contribution in [0.1, 0.15) is 17.7 Å². The average molecular weight is 269 g/mol. The molecule has 0 amide bonds. The topological polar surface area (TPSA) is 60.1 Å². The van der Waals surface area contributed by atoms with E-state index in [2.05, 4.69) is 5.10 Å². The minimum atomic E-state index is -0.106. The van der Waals surface area contributed by atoms with Crippen LogP contribution < -0.4 is 5.56 Å². The predicted molar refractivity (Wildman–Crippen MR) is 76.8 cm³/mol. The number of aromatic nitrogens is 3. The van der Waals surface area contributed by atoms with Crippen molar-refractivity contribution in [1.29, 1.82) is 0 Å². The van der Waals surface area contributed by atoms with Crippen molar-refractivity contribution in [3.8, 4) is 0 Å². The Morgan fingerprint density at radius 3 is 2.95 bits per heavy atom. The molecule has 0 unspecified atom stereocenters. The molecule has 20 heavy (non-hydrogen) atoms. The molecule has 2 aromatic heterocycles. The number of aliphatic hydroxyl groups is 1. The summed E-state index contributed by atoms with van der Waals surface area (Å²) in [5, 5.41) is 16.6. The van der Waals surface area contributed by atoms with Crippen molar-refractivity contribution in [3.05, 3.63) is 39.8 Å². The molecule has 102 valence electrons. The summed E-state index contributed by atoms with van der Waals surface area (Å²) in [5.74, 6) is 0. The Morgan fingerprint density at radius 2 is 2.15 bits per heavy atom. The van der Waals surface area contributed by atoms with Crippen LogP contribution in [0, 0.1) is 6.92 Å². The van der Waals surface area contributed by atoms with Crippen LogP contribution in [-0.2, 0) is 19.7 Å². The molecule has 5 nitrogen and oxygen atoms in total. The third kappa shape index (κ3) is 1.35. The lowest BCUT2D eigenvalue weighted by Crippen LogP contribution is -2.27. The van der Waals surface area contributed by atoms with E-state index in [0.717, 1.165) is 41.5 Å². The van der Waals surface area contributed by atoms with Crippen LogP contribution in [0.15, 0.2) is 23.0 Å². The lowest BCUT2D eigenvalue weighted by molar-refractivity contribution is 0.276. The molecule has 0 bridgehead atoms. The molecule has 0 fully saturated rings. The second-order valence-electron chi connectivity index (χ2n) is 5.39. The summed E-state index contributed by atoms with van der Waals surface area (Å²) >= 11 is 0. The maximum Gasteiger partial charge on any atom is 0.260 e. The SMILES string of the molecule is Cc1ccc2c(c1)c(=O)n1c3c2c(CO)nn3CCC1. The second-order valence-corrected chi connectivity index (χ2v) is 5.39. The monoisotopic (exact) mass is 269 g/mol. The molecule has 1 aromatic carbocycles. The van der Waals surface area contributed by atoms with Gasteiger partial charge in [-0.1, -0.05) is 17.7 Å². The van der Waals surface area contributed by atoms with Crippen LogP contribution in [0.25, 0.3) is 21.8 Å². The van der Waals surface area contributed by atoms with E-state index in [1.54, 1.807) is 4.57 Å². The molecule has 5 heteroatoms. The molecule has 0 spiro atoms. The van der Waals surface area contributed by atoms with Crippen LogP contribution in [-0.4, -0.2) is 19.5 Å². The fourth-order valence-corrected chi connectivity index (χ4v) is 3.20. The Morgan fingerprint density at radius 1 is 1.30 bits per heavy atom. The van der Waals surface area contributed by atoms with Gasteiger partial charge in [0.2, 0.25) is 0 Å². The number of fused-ring (bicyclic) bond motifs is 2. The van der Waals surface area contributed by atoms with Crippen molar-refractivity contribution in [2.45, 2.75) is 33.0 Å². The van der Waals surface area contributed by atoms with E-state index >= 15 is 0 Å². The van der Waals surface area contributed by atoms with Crippen LogP contribution in [0.4, 0.5) is 0 Å². The van der Waals surface area contributed by atoms with Gasteiger partial charge in [0, 0.05) is 23.9 Å². The normalized spacial score (nSPS) is 14.3. The number of pyridine rings is 1. The quantitative estimate of drug-likeness (QED) is 0.729. The fraction of sp³-hybridized carbons (Fsp3) is 0.333. The average Bonchev–Trinajstić information content (AvgIpc) is 2.84. The zero-order chi connectivity index (χ0) is 13.9. The van der Waals surface area contributed by atoms with Crippen molar-refractivity contribution in [2.75, 3.05) is 0 Å². The number of nitrogens with zero attached hydrogens (tertiary/aromatic N) is 3. The van der Waals surface area contributed by atoms with Gasteiger partial charge in [-0.05, 0) is 19.4 Å². The number of aliphatic hydroxyl groups excluding tert-OH is 1. The van der Waals surface area contributed by atoms with Crippen LogP contribution >= 0.6 is 0 Å². The number of aryl methyl sites for hydroxylation is 3. The number of rotatable bonds is 1. The Kier molecular flexibility index (Phi) is 2.29. The van der Waals surface area contributed by atoms with Crippen LogP contribution in [0.3, 0.4) is 0 Å². The largest absolute Gasteiger partial charge is 0.390 e. The Hall–Kier alpha value is -2.14. The minimum absolute atomic E-state index is 0.0431. The van der Waals surface area contributed by atoms with E-state index in [4.69, 9.17) is 0 Å². The van der Waals surface area contributed by atoms with Crippen molar-refractivity contribution < 1.29 is 5.11 Å². The van der Waals surface area contributed by atoms with Gasteiger partial charge in [-0.2, -0.15) is 5.10 Å². The molecule has 0 aliphatic carbocycles. The summed E-state index contributed by atoms with van der Waals surface area (Å²) in [5.41, 5.74) is 2.61. The first-order valence-corrected chi connectivity index (χ1v) is 6.84. The number of hydrogen-bond acceptors (Lipinski definition) is 3. The van der Waals surface area contributed by atoms with E-state index in [9.17, 15) is 9.90 Å². The van der Waals surface area contributed by atoms with Gasteiger partial charge in [0.05, 0.1) is 17.7 Å². The zero-order valence-electron chi connectivity index (χ0n) is 11.3. The molecule has 0 radical (unpaired) electrons. The Labute approximate surface area is 115 Å². The lowest BCUT2D eigenvalue weighted by atomic mass is 10.0. The predicted octanol–water partition coefficient (Wildman–Crippen LogP) is 1.56. The maximum absolute atomic E-state index is 12.7. The Bertz CT molecular complexity index is 905. The van der Waals surface area contributed by atoms with Gasteiger partial charge in [0.15, 0.2) is 0 Å². The molecule has 1 N–H and O–H groups in total. The van der Waals surface area contributed by atoms with E-state index in [0.29, 0.717) is 11.1 Å². The molecular weight excluding hydrogens is 254 g/mol. The summed E-state index contributed by atoms with van der Waals surface area (Å²) in [7, 11) is 0. The zero-order valence-corrected chi connectivity index (χ0v) is 11.3. The fourth-order valence-electron chi connectivity index (χ4n) is 3.20. The molecule has 1 aliphatic heterocycles. The van der Waals surface area contributed by atoms with E-state index in [-0.39, 0.29) is 12.2 Å². The molecule has 1 aliphatic rings. The van der Waals surface area contributed by atoms with Gasteiger partial charge in [-0.15, -0.1) is 0 Å². The molecule has 0 atom stereocenters. The smallest absolute Gasteiger partial charge is 0.260 e. The lowest BCUT2D eigenvalue weighted by Gasteiger charge is -2.17. The standard InChI is InChI=1S/C15H15N3O2/c1-9-3-4-10-11(7-9)15(20)17-5-2-6-18-14(17)13(10)12(8-19)16-18/h3-4,7,19H,2,5-6,8H2,1H3. The molecule has 3 aromatic rings. The number of benzene rings is 1. The van der Waals surface area contributed by atoms with Gasteiger partial charge in [-0.3, -0.25) is 9.36 Å². The summed E-state index contributed by atoms with van der Waals surface area (Å²) < 4.78 is 3.65. The van der Waals surface area contributed by atoms with Crippen molar-refractivity contribution in [2.24, 2.45) is 0 Å². The summed E-state index contributed by atoms with van der Waals surface area (Å²) in [4.78, 5) is 12.7. The van der Waals surface area contributed by atoms with Gasteiger partial charge < -0.3 is 5.11 Å². The van der Waals surface area contributed by atoms with Gasteiger partial charge in [0.1, 0.15) is 5.65 Å². The molecule has 4 rings (SSSR count). The third-order valence-electron chi connectivity index (χ3n) is 4.08. The van der Waals surface area contributed by atoms with Crippen molar-refractivity contribution >= 4 is 21.8 Å². The summed E-state index contributed by atoms with van der Waals surface area (Å²) in [6.07, 6.45) is 0.895. The highest BCUT2D eigenvalue weighted by molar-refractivity contribution is 6.06. The first-order chi connectivity index (χ1) is 9.70. The number of hydrogen-bond donors (Lipinski definition) is 1. The summed E-state index contributed by atoms with van der Waals surface area (Å²) in [6.45, 7) is 3.39. The highest BCUT2D eigenvalue weighted by Crippen LogP contribution is 2.28. The van der Waals surface area contributed by atoms with E-state index in [1.165, 1.54) is 0 Å². The maximum atomic E-state index is 12.7. The molecule has 3 heterocycles. The van der Waals surface area contributed by atoms with Gasteiger partial charge >= 0.3 is 0 Å². The van der Waals surface area contributed by atoms with Crippen LogP contribution in [0.2, 0.25) is 0 Å². The first-order valence-electron chi connectivity index (χ1n) is 6.84. The minimum Gasteiger partial charge on any atom is -0.390 e. The highest BCUT2D eigenvalue weighted by Gasteiger charge is 2.21. The molecule has 0 saturated heterocycles. The second kappa shape index (κ2) is 3.93. The third-order valence-corrected chi connectivity index (χ3v) is 4.08. The van der Waals surface area contributed by atoms with E-state index < -0.39 is 0 Å². The first kappa shape index (κ1) is 11.7. The van der Waals surface area contributed by atoms with E-state index in [1.807, 2.05) is 29.8 Å². The van der Waals surface area contributed by atoms with Crippen molar-refractivity contribution in [1.82, 2.24) is 14.3 Å². The summed E-state index contributed by atoms with van der Waals surface area (Å²) in [6, 6.07) is 5.88. The highest BCUT2D eigenvalue weighted by atomic mass is 16.3. The van der Waals surface area contributed by atoms with Gasteiger partial charge in [0.25, 0.3) is 5.56 Å². The Balaban J connectivity index is 2.34. The molecular formula is C15H15N3O2. The molecule has 0 saturated carbocycles.